The Kier molecular flexibility index (Phi) is 3.39. The van der Waals surface area contributed by atoms with Crippen LogP contribution in [-0.4, -0.2) is 22.6 Å². The molecule has 0 amide bonds. The molecule has 0 atom stereocenters. The van der Waals surface area contributed by atoms with Crippen LogP contribution in [0.3, 0.4) is 0 Å². The lowest BCUT2D eigenvalue weighted by Crippen LogP contribution is -2.09. The second kappa shape index (κ2) is 4.87. The van der Waals surface area contributed by atoms with Gasteiger partial charge in [-0.2, -0.15) is 0 Å². The number of imidazole rings is 1. The minimum Gasteiger partial charge on any atom is -0.464 e. The molecule has 1 aromatic heterocycles. The largest absolute Gasteiger partial charge is 0.464 e. The van der Waals surface area contributed by atoms with Crippen LogP contribution in [0.15, 0.2) is 12.1 Å². The molecule has 1 aromatic carbocycles. The summed E-state index contributed by atoms with van der Waals surface area (Å²) in [6.45, 7) is 1.43. The Labute approximate surface area is 111 Å². The number of carbonyl (C=O) groups excluding carboxylic acids is 1. The van der Waals surface area contributed by atoms with Crippen LogP contribution in [0.1, 0.15) is 16.3 Å². The second-order valence-electron chi connectivity index (χ2n) is 3.94. The number of nitrogens with zero attached hydrogens (tertiary/aromatic N) is 2. The molecular weight excluding hydrogens is 275 g/mol. The lowest BCUT2D eigenvalue weighted by atomic mass is 10.2. The SMILES string of the molecule is COC(=O)c1nc(C)n(-c2cc(F)c(F)cc2F)c1N. The smallest absolute Gasteiger partial charge is 0.360 e. The van der Waals surface area contributed by atoms with Gasteiger partial charge in [0.25, 0.3) is 0 Å². The van der Waals surface area contributed by atoms with Gasteiger partial charge in [0, 0.05) is 12.1 Å². The number of aromatic nitrogens is 2. The zero-order valence-electron chi connectivity index (χ0n) is 10.6. The number of carbonyl (C=O) groups is 1. The Morgan fingerprint density at radius 3 is 2.45 bits per heavy atom. The molecule has 0 saturated carbocycles. The molecule has 0 aliphatic carbocycles. The minimum absolute atomic E-state index is 0.132. The number of halogens is 3. The van der Waals surface area contributed by atoms with Gasteiger partial charge in [-0.05, 0) is 6.92 Å². The third-order valence-corrected chi connectivity index (χ3v) is 2.69. The zero-order chi connectivity index (χ0) is 15.0. The number of nitrogens with two attached hydrogens (primary N) is 1. The summed E-state index contributed by atoms with van der Waals surface area (Å²) in [6, 6.07) is 1.03. The van der Waals surface area contributed by atoms with Crippen LogP contribution in [0, 0.1) is 24.4 Å². The standard InChI is InChI=1S/C12H10F3N3O2/c1-5-17-10(12(19)20-2)11(16)18(5)9-4-7(14)6(13)3-8(9)15/h3-4H,16H2,1-2H3. The van der Waals surface area contributed by atoms with Crippen molar-refractivity contribution < 1.29 is 22.7 Å². The molecule has 2 aromatic rings. The third kappa shape index (κ3) is 2.09. The van der Waals surface area contributed by atoms with Gasteiger partial charge in [0.1, 0.15) is 17.5 Å². The van der Waals surface area contributed by atoms with E-state index in [1.165, 1.54) is 6.92 Å². The lowest BCUT2D eigenvalue weighted by Gasteiger charge is -2.09. The van der Waals surface area contributed by atoms with Gasteiger partial charge in [-0.15, -0.1) is 0 Å². The van der Waals surface area contributed by atoms with E-state index in [9.17, 15) is 18.0 Å². The number of esters is 1. The van der Waals surface area contributed by atoms with E-state index in [1.54, 1.807) is 0 Å². The fourth-order valence-corrected chi connectivity index (χ4v) is 1.78. The summed E-state index contributed by atoms with van der Waals surface area (Å²) in [4.78, 5) is 15.3. The Morgan fingerprint density at radius 1 is 1.25 bits per heavy atom. The van der Waals surface area contributed by atoms with Crippen LogP contribution in [0.4, 0.5) is 19.0 Å². The summed E-state index contributed by atoms with van der Waals surface area (Å²) in [5, 5.41) is 0. The quantitative estimate of drug-likeness (QED) is 0.676. The Morgan fingerprint density at radius 2 is 1.85 bits per heavy atom. The summed E-state index contributed by atoms with van der Waals surface area (Å²) in [6.07, 6.45) is 0. The number of aryl methyl sites for hydroxylation is 1. The number of ether oxygens (including phenoxy) is 1. The second-order valence-corrected chi connectivity index (χ2v) is 3.94. The van der Waals surface area contributed by atoms with Gasteiger partial charge < -0.3 is 10.5 Å². The van der Waals surface area contributed by atoms with Crippen LogP contribution in [0.2, 0.25) is 0 Å². The monoisotopic (exact) mass is 285 g/mol. The Balaban J connectivity index is 2.68. The zero-order valence-corrected chi connectivity index (χ0v) is 10.6. The van der Waals surface area contributed by atoms with Gasteiger partial charge in [0.2, 0.25) is 0 Å². The summed E-state index contributed by atoms with van der Waals surface area (Å²) >= 11 is 0. The third-order valence-electron chi connectivity index (χ3n) is 2.69. The first-order valence-electron chi connectivity index (χ1n) is 5.44. The molecule has 0 radical (unpaired) electrons. The number of anilines is 1. The molecule has 0 aliphatic heterocycles. The number of benzene rings is 1. The van der Waals surface area contributed by atoms with Gasteiger partial charge in [0.15, 0.2) is 17.3 Å². The first kappa shape index (κ1) is 13.9. The summed E-state index contributed by atoms with van der Waals surface area (Å²) in [5.74, 6) is -4.50. The van der Waals surface area contributed by atoms with E-state index in [2.05, 4.69) is 9.72 Å². The van der Waals surface area contributed by atoms with E-state index >= 15 is 0 Å². The van der Waals surface area contributed by atoms with Gasteiger partial charge in [-0.3, -0.25) is 4.57 Å². The first-order valence-corrected chi connectivity index (χ1v) is 5.44. The molecule has 2 rings (SSSR count). The number of nitrogen functional groups attached to an aromatic ring is 1. The number of hydrogen-bond donors (Lipinski definition) is 1. The van der Waals surface area contributed by atoms with Crippen molar-refractivity contribution in [3.05, 3.63) is 41.1 Å². The van der Waals surface area contributed by atoms with E-state index < -0.39 is 23.4 Å². The maximum atomic E-state index is 13.7. The molecule has 1 heterocycles. The molecule has 106 valence electrons. The summed E-state index contributed by atoms with van der Waals surface area (Å²) < 4.78 is 45.4. The molecule has 0 spiro atoms. The highest BCUT2D eigenvalue weighted by Crippen LogP contribution is 2.25. The fraction of sp³-hybridized carbons (Fsp3) is 0.167. The number of rotatable bonds is 2. The minimum atomic E-state index is -1.32. The average molecular weight is 285 g/mol. The maximum absolute atomic E-state index is 13.7. The van der Waals surface area contributed by atoms with Crippen LogP contribution in [0.5, 0.6) is 0 Å². The lowest BCUT2D eigenvalue weighted by molar-refractivity contribution is 0.0596. The van der Waals surface area contributed by atoms with Gasteiger partial charge in [0.05, 0.1) is 12.8 Å². The maximum Gasteiger partial charge on any atom is 0.360 e. The van der Waals surface area contributed by atoms with Crippen molar-refractivity contribution in [1.82, 2.24) is 9.55 Å². The van der Waals surface area contributed by atoms with Crippen molar-refractivity contribution in [2.24, 2.45) is 0 Å². The van der Waals surface area contributed by atoms with Crippen LogP contribution in [-0.2, 0) is 4.74 Å². The van der Waals surface area contributed by atoms with E-state index in [0.29, 0.717) is 12.1 Å². The molecule has 2 N–H and O–H groups in total. The molecule has 0 fully saturated rings. The fourth-order valence-electron chi connectivity index (χ4n) is 1.78. The van der Waals surface area contributed by atoms with Crippen LogP contribution in [0.25, 0.3) is 5.69 Å². The van der Waals surface area contributed by atoms with Crippen molar-refractivity contribution in [1.29, 1.82) is 0 Å². The predicted octanol–water partition coefficient (Wildman–Crippen LogP) is 1.97. The summed E-state index contributed by atoms with van der Waals surface area (Å²) in [5.41, 5.74) is 5.11. The van der Waals surface area contributed by atoms with Crippen molar-refractivity contribution in [3.63, 3.8) is 0 Å². The number of hydrogen-bond acceptors (Lipinski definition) is 4. The summed E-state index contributed by atoms with van der Waals surface area (Å²) in [7, 11) is 1.13. The van der Waals surface area contributed by atoms with E-state index in [1.807, 2.05) is 0 Å². The molecular formula is C12H10F3N3O2. The molecule has 5 nitrogen and oxygen atoms in total. The highest BCUT2D eigenvalue weighted by atomic mass is 19.2. The molecule has 0 saturated heterocycles. The van der Waals surface area contributed by atoms with E-state index in [-0.39, 0.29) is 23.0 Å². The highest BCUT2D eigenvalue weighted by Gasteiger charge is 2.22. The highest BCUT2D eigenvalue weighted by molar-refractivity contribution is 5.92. The van der Waals surface area contributed by atoms with Gasteiger partial charge >= 0.3 is 5.97 Å². The Bertz CT molecular complexity index is 698. The predicted molar refractivity (Wildman–Crippen MR) is 63.9 cm³/mol. The van der Waals surface area contributed by atoms with E-state index in [0.717, 1.165) is 11.7 Å². The van der Waals surface area contributed by atoms with Crippen molar-refractivity contribution in [2.45, 2.75) is 6.92 Å². The Hall–Kier alpha value is -2.51. The van der Waals surface area contributed by atoms with Gasteiger partial charge in [-0.1, -0.05) is 0 Å². The number of methoxy groups -OCH3 is 1. The van der Waals surface area contributed by atoms with Gasteiger partial charge in [-0.25, -0.2) is 22.9 Å². The molecule has 8 heteroatoms. The topological polar surface area (TPSA) is 70.1 Å². The average Bonchev–Trinajstić information content (AvgIpc) is 2.69. The van der Waals surface area contributed by atoms with Crippen LogP contribution < -0.4 is 5.73 Å². The van der Waals surface area contributed by atoms with Crippen molar-refractivity contribution >= 4 is 11.8 Å². The molecule has 0 unspecified atom stereocenters. The molecule has 0 aliphatic rings. The normalized spacial score (nSPS) is 10.7. The molecule has 0 bridgehead atoms. The van der Waals surface area contributed by atoms with Crippen molar-refractivity contribution in [2.75, 3.05) is 12.8 Å². The van der Waals surface area contributed by atoms with Crippen LogP contribution >= 0.6 is 0 Å². The first-order chi connectivity index (χ1) is 9.36. The van der Waals surface area contributed by atoms with Crippen molar-refractivity contribution in [3.8, 4) is 5.69 Å². The molecule has 20 heavy (non-hydrogen) atoms. The van der Waals surface area contributed by atoms with E-state index in [4.69, 9.17) is 5.73 Å².